The summed E-state index contributed by atoms with van der Waals surface area (Å²) in [6, 6.07) is 3.05. The van der Waals surface area contributed by atoms with Gasteiger partial charge >= 0.3 is 5.97 Å². The summed E-state index contributed by atoms with van der Waals surface area (Å²) >= 11 is 0. The number of nitrogen functional groups attached to an aromatic ring is 1. The normalized spacial score (nSPS) is 9.90. The van der Waals surface area contributed by atoms with Gasteiger partial charge in [-0.2, -0.15) is 0 Å². The number of benzene rings is 1. The number of rotatable bonds is 6. The summed E-state index contributed by atoms with van der Waals surface area (Å²) in [7, 11) is 5.85. The number of nitrogens with zero attached hydrogens (tertiary/aromatic N) is 1. The Hall–Kier alpha value is -2.44. The van der Waals surface area contributed by atoms with Crippen molar-refractivity contribution in [1.29, 1.82) is 0 Å². The molecule has 0 aliphatic heterocycles. The van der Waals surface area contributed by atoms with Gasteiger partial charge in [-0.3, -0.25) is 9.59 Å². The standard InChI is InChI=1S/C14H20N2O5/c1-16(6-5-13(17)21-4)14(18)9-7-11(19-2)12(20-3)8-10(9)15/h7-8H,5-6,15H2,1-4H3. The first kappa shape index (κ1) is 16.6. The summed E-state index contributed by atoms with van der Waals surface area (Å²) in [6.07, 6.45) is 0.117. The van der Waals surface area contributed by atoms with Crippen molar-refractivity contribution >= 4 is 17.6 Å². The van der Waals surface area contributed by atoms with E-state index in [1.165, 1.54) is 38.4 Å². The van der Waals surface area contributed by atoms with Crippen LogP contribution in [0, 0.1) is 0 Å². The van der Waals surface area contributed by atoms with E-state index in [0.29, 0.717) is 17.1 Å². The number of hydrogen-bond donors (Lipinski definition) is 1. The van der Waals surface area contributed by atoms with E-state index in [-0.39, 0.29) is 30.5 Å². The summed E-state index contributed by atoms with van der Waals surface area (Å²) in [5.41, 5.74) is 6.44. The van der Waals surface area contributed by atoms with E-state index in [1.807, 2.05) is 0 Å². The molecule has 0 unspecified atom stereocenters. The Bertz CT molecular complexity index is 530. The number of anilines is 1. The number of esters is 1. The zero-order valence-corrected chi connectivity index (χ0v) is 12.6. The average Bonchev–Trinajstić information content (AvgIpc) is 2.50. The maximum absolute atomic E-state index is 12.3. The van der Waals surface area contributed by atoms with Crippen molar-refractivity contribution in [3.05, 3.63) is 17.7 Å². The van der Waals surface area contributed by atoms with Gasteiger partial charge in [-0.15, -0.1) is 0 Å². The molecule has 0 radical (unpaired) electrons. The van der Waals surface area contributed by atoms with Gasteiger partial charge in [0.1, 0.15) is 0 Å². The molecule has 2 N–H and O–H groups in total. The molecule has 1 aromatic rings. The van der Waals surface area contributed by atoms with Gasteiger partial charge in [0.15, 0.2) is 11.5 Å². The highest BCUT2D eigenvalue weighted by molar-refractivity contribution is 6.00. The fraction of sp³-hybridized carbons (Fsp3) is 0.429. The van der Waals surface area contributed by atoms with Gasteiger partial charge in [-0.05, 0) is 6.07 Å². The summed E-state index contributed by atoms with van der Waals surface area (Å²) in [6.45, 7) is 0.235. The largest absolute Gasteiger partial charge is 0.493 e. The number of hydrogen-bond acceptors (Lipinski definition) is 6. The fourth-order valence-electron chi connectivity index (χ4n) is 1.75. The monoisotopic (exact) mass is 296 g/mol. The molecule has 0 aliphatic carbocycles. The molecule has 1 rings (SSSR count). The lowest BCUT2D eigenvalue weighted by molar-refractivity contribution is -0.140. The third-order valence-electron chi connectivity index (χ3n) is 3.01. The summed E-state index contributed by atoms with van der Waals surface area (Å²) in [5.74, 6) is 0.174. The molecule has 0 heterocycles. The van der Waals surface area contributed by atoms with E-state index in [1.54, 1.807) is 7.05 Å². The third kappa shape index (κ3) is 4.01. The van der Waals surface area contributed by atoms with Crippen LogP contribution in [0.2, 0.25) is 0 Å². The van der Waals surface area contributed by atoms with Crippen LogP contribution in [0.25, 0.3) is 0 Å². The number of nitrogens with two attached hydrogens (primary N) is 1. The minimum atomic E-state index is -0.380. The Kier molecular flexibility index (Phi) is 5.83. The zero-order chi connectivity index (χ0) is 16.0. The molecule has 21 heavy (non-hydrogen) atoms. The second-order valence-electron chi connectivity index (χ2n) is 4.35. The van der Waals surface area contributed by atoms with Gasteiger partial charge < -0.3 is 24.8 Å². The Morgan fingerprint density at radius 2 is 1.71 bits per heavy atom. The van der Waals surface area contributed by atoms with Crippen molar-refractivity contribution in [2.45, 2.75) is 6.42 Å². The maximum Gasteiger partial charge on any atom is 0.307 e. The first-order valence-corrected chi connectivity index (χ1v) is 6.28. The first-order valence-electron chi connectivity index (χ1n) is 6.28. The van der Waals surface area contributed by atoms with Gasteiger partial charge in [-0.25, -0.2) is 0 Å². The van der Waals surface area contributed by atoms with Crippen LogP contribution in [0.3, 0.4) is 0 Å². The van der Waals surface area contributed by atoms with E-state index >= 15 is 0 Å². The van der Waals surface area contributed by atoms with Gasteiger partial charge in [0, 0.05) is 25.3 Å². The van der Waals surface area contributed by atoms with E-state index in [9.17, 15) is 9.59 Å². The molecule has 1 amide bonds. The van der Waals surface area contributed by atoms with Crippen LogP contribution in [0.5, 0.6) is 11.5 Å². The third-order valence-corrected chi connectivity index (χ3v) is 3.01. The minimum Gasteiger partial charge on any atom is -0.493 e. The Morgan fingerprint density at radius 1 is 1.14 bits per heavy atom. The van der Waals surface area contributed by atoms with Crippen molar-refractivity contribution in [2.24, 2.45) is 0 Å². The maximum atomic E-state index is 12.3. The average molecular weight is 296 g/mol. The molecule has 0 aromatic heterocycles. The quantitative estimate of drug-likeness (QED) is 0.620. The minimum absolute atomic E-state index is 0.117. The molecule has 0 atom stereocenters. The highest BCUT2D eigenvalue weighted by Gasteiger charge is 2.19. The fourth-order valence-corrected chi connectivity index (χ4v) is 1.75. The summed E-state index contributed by atoms with van der Waals surface area (Å²) in [5, 5.41) is 0. The predicted molar refractivity (Wildman–Crippen MR) is 77.6 cm³/mol. The lowest BCUT2D eigenvalue weighted by Gasteiger charge is -2.19. The van der Waals surface area contributed by atoms with E-state index < -0.39 is 0 Å². The summed E-state index contributed by atoms with van der Waals surface area (Å²) in [4.78, 5) is 24.8. The zero-order valence-electron chi connectivity index (χ0n) is 12.6. The van der Waals surface area contributed by atoms with Crippen LogP contribution < -0.4 is 15.2 Å². The molecule has 0 bridgehead atoms. The van der Waals surface area contributed by atoms with Crippen molar-refractivity contribution in [2.75, 3.05) is 40.7 Å². The van der Waals surface area contributed by atoms with E-state index in [0.717, 1.165) is 0 Å². The van der Waals surface area contributed by atoms with Crippen LogP contribution in [0.4, 0.5) is 5.69 Å². The lowest BCUT2D eigenvalue weighted by atomic mass is 10.1. The van der Waals surface area contributed by atoms with Crippen molar-refractivity contribution < 1.29 is 23.8 Å². The second kappa shape index (κ2) is 7.37. The van der Waals surface area contributed by atoms with Gasteiger partial charge in [0.2, 0.25) is 0 Å². The molecule has 0 aliphatic rings. The summed E-state index contributed by atoms with van der Waals surface area (Å²) < 4.78 is 14.8. The number of ether oxygens (including phenoxy) is 3. The smallest absolute Gasteiger partial charge is 0.307 e. The molecule has 0 saturated heterocycles. The predicted octanol–water partition coefficient (Wildman–Crippen LogP) is 0.921. The molecule has 0 spiro atoms. The van der Waals surface area contributed by atoms with Crippen LogP contribution >= 0.6 is 0 Å². The van der Waals surface area contributed by atoms with Gasteiger partial charge in [0.05, 0.1) is 33.3 Å². The Labute approximate surface area is 123 Å². The number of methoxy groups -OCH3 is 3. The molecule has 0 saturated carbocycles. The number of carbonyl (C=O) groups excluding carboxylic acids is 2. The van der Waals surface area contributed by atoms with E-state index in [2.05, 4.69) is 4.74 Å². The highest BCUT2D eigenvalue weighted by Crippen LogP contribution is 2.32. The molecule has 1 aromatic carbocycles. The van der Waals surface area contributed by atoms with Crippen molar-refractivity contribution in [3.8, 4) is 11.5 Å². The van der Waals surface area contributed by atoms with Crippen LogP contribution in [-0.2, 0) is 9.53 Å². The molecule has 7 heteroatoms. The molecule has 0 fully saturated rings. The molecule has 7 nitrogen and oxygen atoms in total. The van der Waals surface area contributed by atoms with Crippen LogP contribution in [-0.4, -0.2) is 51.7 Å². The first-order chi connectivity index (χ1) is 9.94. The van der Waals surface area contributed by atoms with Crippen LogP contribution in [0.15, 0.2) is 12.1 Å². The SMILES string of the molecule is COC(=O)CCN(C)C(=O)c1cc(OC)c(OC)cc1N. The van der Waals surface area contributed by atoms with Gasteiger partial charge in [-0.1, -0.05) is 0 Å². The highest BCUT2D eigenvalue weighted by atomic mass is 16.5. The lowest BCUT2D eigenvalue weighted by Crippen LogP contribution is -2.30. The Morgan fingerprint density at radius 3 is 2.24 bits per heavy atom. The second-order valence-corrected chi connectivity index (χ2v) is 4.35. The number of carbonyl (C=O) groups is 2. The molecule has 116 valence electrons. The topological polar surface area (TPSA) is 91.1 Å². The molecular formula is C14H20N2O5. The van der Waals surface area contributed by atoms with E-state index in [4.69, 9.17) is 15.2 Å². The van der Waals surface area contributed by atoms with Crippen molar-refractivity contribution in [3.63, 3.8) is 0 Å². The number of amides is 1. The van der Waals surface area contributed by atoms with Crippen molar-refractivity contribution in [1.82, 2.24) is 4.90 Å². The van der Waals surface area contributed by atoms with Gasteiger partial charge in [0.25, 0.3) is 5.91 Å². The Balaban J connectivity index is 2.93. The van der Waals surface area contributed by atoms with Crippen LogP contribution in [0.1, 0.15) is 16.8 Å². The molecular weight excluding hydrogens is 276 g/mol.